The largest absolute Gasteiger partial charge is 0.342 e. The minimum Gasteiger partial charge on any atom is -0.342 e. The van der Waals surface area contributed by atoms with Gasteiger partial charge in [-0.3, -0.25) is 9.89 Å². The number of amides is 1. The lowest BCUT2D eigenvalue weighted by molar-refractivity contribution is -0.129. The summed E-state index contributed by atoms with van der Waals surface area (Å²) >= 11 is 1.39. The van der Waals surface area contributed by atoms with Crippen molar-refractivity contribution in [3.8, 4) is 11.4 Å². The monoisotopic (exact) mass is 332 g/mol. The average Bonchev–Trinajstić information content (AvgIpc) is 3.04. The molecule has 0 bridgehead atoms. The van der Waals surface area contributed by atoms with Crippen LogP contribution in [0.1, 0.15) is 33.3 Å². The maximum absolute atomic E-state index is 12.3. The van der Waals surface area contributed by atoms with Gasteiger partial charge in [0.05, 0.1) is 5.25 Å². The molecule has 0 saturated carbocycles. The standard InChI is InChI=1S/C17H24N4OS/c1-5-13-8-10-14(11-9-13)15-18-17(20-19-15)23-12(4)16(22)21(6-2)7-3/h8-12H,5-7H2,1-4H3,(H,18,19,20). The zero-order valence-corrected chi connectivity index (χ0v) is 15.0. The van der Waals surface area contributed by atoms with Gasteiger partial charge in [0.15, 0.2) is 5.82 Å². The number of carbonyl (C=O) groups is 1. The van der Waals surface area contributed by atoms with Gasteiger partial charge in [0.2, 0.25) is 11.1 Å². The summed E-state index contributed by atoms with van der Waals surface area (Å²) in [4.78, 5) is 18.6. The molecule has 1 aromatic carbocycles. The lowest BCUT2D eigenvalue weighted by Gasteiger charge is -2.21. The van der Waals surface area contributed by atoms with Gasteiger partial charge in [-0.05, 0) is 32.8 Å². The molecule has 6 heteroatoms. The van der Waals surface area contributed by atoms with Crippen LogP contribution in [0, 0.1) is 0 Å². The van der Waals surface area contributed by atoms with Gasteiger partial charge in [-0.2, -0.15) is 0 Å². The molecular formula is C17H24N4OS. The highest BCUT2D eigenvalue weighted by Crippen LogP contribution is 2.24. The molecule has 0 fully saturated rings. The highest BCUT2D eigenvalue weighted by molar-refractivity contribution is 8.00. The van der Waals surface area contributed by atoms with Gasteiger partial charge < -0.3 is 4.90 Å². The molecule has 1 aromatic heterocycles. The molecule has 1 N–H and O–H groups in total. The first-order valence-corrected chi connectivity index (χ1v) is 8.94. The van der Waals surface area contributed by atoms with E-state index in [-0.39, 0.29) is 11.2 Å². The number of nitrogens with zero attached hydrogens (tertiary/aromatic N) is 3. The van der Waals surface area contributed by atoms with Crippen molar-refractivity contribution in [1.82, 2.24) is 20.1 Å². The Morgan fingerprint density at radius 2 is 1.87 bits per heavy atom. The lowest BCUT2D eigenvalue weighted by Crippen LogP contribution is -2.36. The Morgan fingerprint density at radius 3 is 2.43 bits per heavy atom. The summed E-state index contributed by atoms with van der Waals surface area (Å²) < 4.78 is 0. The minimum atomic E-state index is -0.194. The molecule has 0 aliphatic carbocycles. The van der Waals surface area contributed by atoms with Crippen molar-refractivity contribution >= 4 is 17.7 Å². The number of aromatic nitrogens is 3. The number of rotatable bonds is 7. The van der Waals surface area contributed by atoms with Crippen LogP contribution < -0.4 is 0 Å². The molecule has 0 aliphatic heterocycles. The Labute approximate surface area is 141 Å². The lowest BCUT2D eigenvalue weighted by atomic mass is 10.1. The van der Waals surface area contributed by atoms with Crippen molar-refractivity contribution in [2.24, 2.45) is 0 Å². The molecule has 5 nitrogen and oxygen atoms in total. The van der Waals surface area contributed by atoms with Crippen LogP contribution in [-0.4, -0.2) is 44.3 Å². The van der Waals surface area contributed by atoms with E-state index >= 15 is 0 Å². The van der Waals surface area contributed by atoms with Crippen LogP contribution in [0.5, 0.6) is 0 Å². The molecule has 0 saturated heterocycles. The number of nitrogens with one attached hydrogen (secondary N) is 1. The summed E-state index contributed by atoms with van der Waals surface area (Å²) in [5, 5.41) is 7.59. The molecular weight excluding hydrogens is 308 g/mol. The number of carbonyl (C=O) groups excluding carboxylic acids is 1. The van der Waals surface area contributed by atoms with Gasteiger partial charge in [0.1, 0.15) is 0 Å². The molecule has 1 heterocycles. The van der Waals surface area contributed by atoms with Gasteiger partial charge >= 0.3 is 0 Å². The molecule has 1 atom stereocenters. The highest BCUT2D eigenvalue weighted by Gasteiger charge is 2.21. The summed E-state index contributed by atoms with van der Waals surface area (Å²) in [6.07, 6.45) is 1.02. The number of thioether (sulfide) groups is 1. The van der Waals surface area contributed by atoms with Crippen molar-refractivity contribution in [1.29, 1.82) is 0 Å². The Hall–Kier alpha value is -1.82. The Morgan fingerprint density at radius 1 is 1.22 bits per heavy atom. The van der Waals surface area contributed by atoms with Crippen LogP contribution >= 0.6 is 11.8 Å². The topological polar surface area (TPSA) is 61.9 Å². The first-order chi connectivity index (χ1) is 11.1. The molecule has 1 amide bonds. The van der Waals surface area contributed by atoms with E-state index in [2.05, 4.69) is 34.2 Å². The molecule has 0 radical (unpaired) electrons. The summed E-state index contributed by atoms with van der Waals surface area (Å²) in [5.74, 6) is 0.858. The zero-order chi connectivity index (χ0) is 16.8. The summed E-state index contributed by atoms with van der Waals surface area (Å²) in [7, 11) is 0. The van der Waals surface area contributed by atoms with E-state index in [0.29, 0.717) is 5.16 Å². The fourth-order valence-electron chi connectivity index (χ4n) is 2.33. The van der Waals surface area contributed by atoms with Crippen molar-refractivity contribution in [2.75, 3.05) is 13.1 Å². The second-order valence-electron chi connectivity index (χ2n) is 5.29. The number of aromatic amines is 1. The van der Waals surface area contributed by atoms with E-state index in [1.165, 1.54) is 17.3 Å². The van der Waals surface area contributed by atoms with Crippen LogP contribution in [0.3, 0.4) is 0 Å². The molecule has 23 heavy (non-hydrogen) atoms. The van der Waals surface area contributed by atoms with Gasteiger partial charge in [-0.1, -0.05) is 43.0 Å². The maximum Gasteiger partial charge on any atom is 0.235 e. The van der Waals surface area contributed by atoms with E-state index in [4.69, 9.17) is 0 Å². The van der Waals surface area contributed by atoms with E-state index in [1.807, 2.05) is 37.8 Å². The Kier molecular flexibility index (Phi) is 6.21. The molecule has 2 rings (SSSR count). The number of hydrogen-bond acceptors (Lipinski definition) is 4. The van der Waals surface area contributed by atoms with Crippen LogP contribution in [-0.2, 0) is 11.2 Å². The van der Waals surface area contributed by atoms with Crippen LogP contribution in [0.2, 0.25) is 0 Å². The summed E-state index contributed by atoms with van der Waals surface area (Å²) in [6.45, 7) is 9.46. The Bertz CT molecular complexity index is 634. The second kappa shape index (κ2) is 8.15. The minimum absolute atomic E-state index is 0.124. The van der Waals surface area contributed by atoms with Crippen molar-refractivity contribution in [3.63, 3.8) is 0 Å². The number of H-pyrrole nitrogens is 1. The second-order valence-corrected chi connectivity index (χ2v) is 6.60. The first-order valence-electron chi connectivity index (χ1n) is 8.06. The summed E-state index contributed by atoms with van der Waals surface area (Å²) in [6, 6.07) is 8.27. The van der Waals surface area contributed by atoms with Gasteiger partial charge in [0, 0.05) is 18.7 Å². The van der Waals surface area contributed by atoms with E-state index in [0.717, 1.165) is 30.9 Å². The molecule has 1 unspecified atom stereocenters. The maximum atomic E-state index is 12.3. The smallest absolute Gasteiger partial charge is 0.235 e. The van der Waals surface area contributed by atoms with Gasteiger partial charge in [0.25, 0.3) is 0 Å². The Balaban J connectivity index is 2.05. The predicted octanol–water partition coefficient (Wildman–Crippen LogP) is 3.38. The molecule has 0 aliphatic rings. The number of benzene rings is 1. The van der Waals surface area contributed by atoms with Crippen molar-refractivity contribution in [2.45, 2.75) is 44.5 Å². The van der Waals surface area contributed by atoms with Crippen LogP contribution in [0.15, 0.2) is 29.4 Å². The predicted molar refractivity (Wildman–Crippen MR) is 94.4 cm³/mol. The van der Waals surface area contributed by atoms with Gasteiger partial charge in [-0.25, -0.2) is 4.98 Å². The fourth-order valence-corrected chi connectivity index (χ4v) is 3.14. The van der Waals surface area contributed by atoms with Crippen molar-refractivity contribution in [3.05, 3.63) is 29.8 Å². The highest BCUT2D eigenvalue weighted by atomic mass is 32.2. The molecule has 2 aromatic rings. The SMILES string of the molecule is CCc1ccc(-c2nc(SC(C)C(=O)N(CC)CC)n[nH]2)cc1. The zero-order valence-electron chi connectivity index (χ0n) is 14.2. The fraction of sp³-hybridized carbons (Fsp3) is 0.471. The molecule has 124 valence electrons. The third-order valence-electron chi connectivity index (χ3n) is 3.81. The van der Waals surface area contributed by atoms with E-state index < -0.39 is 0 Å². The summed E-state index contributed by atoms with van der Waals surface area (Å²) in [5.41, 5.74) is 2.30. The quantitative estimate of drug-likeness (QED) is 0.790. The first kappa shape index (κ1) is 17.5. The van der Waals surface area contributed by atoms with E-state index in [9.17, 15) is 4.79 Å². The number of aryl methyl sites for hydroxylation is 1. The third-order valence-corrected chi connectivity index (χ3v) is 4.75. The average molecular weight is 332 g/mol. The number of hydrogen-bond donors (Lipinski definition) is 1. The van der Waals surface area contributed by atoms with Gasteiger partial charge in [-0.15, -0.1) is 5.10 Å². The van der Waals surface area contributed by atoms with Crippen LogP contribution in [0.4, 0.5) is 0 Å². The normalized spacial score (nSPS) is 12.2. The third kappa shape index (κ3) is 4.34. The molecule has 0 spiro atoms. The van der Waals surface area contributed by atoms with E-state index in [1.54, 1.807) is 0 Å². The van der Waals surface area contributed by atoms with Crippen molar-refractivity contribution < 1.29 is 4.79 Å². The van der Waals surface area contributed by atoms with Crippen LogP contribution in [0.25, 0.3) is 11.4 Å².